The van der Waals surface area contributed by atoms with Crippen molar-refractivity contribution in [3.63, 3.8) is 0 Å². The standard InChI is InChI=1S/C11H15N3S/c1-8-13-10-5-9(6-12-7-15)3-4-11(10)14(8)2/h3-5,12,15H,6-7H2,1-2H3. The zero-order chi connectivity index (χ0) is 10.8. The van der Waals surface area contributed by atoms with Crippen molar-refractivity contribution in [1.29, 1.82) is 0 Å². The van der Waals surface area contributed by atoms with Crippen molar-refractivity contribution in [2.24, 2.45) is 7.05 Å². The number of aryl methyl sites for hydroxylation is 2. The van der Waals surface area contributed by atoms with Crippen molar-refractivity contribution in [3.05, 3.63) is 29.6 Å². The number of imidazole rings is 1. The first kappa shape index (κ1) is 10.5. The molecule has 1 aromatic heterocycles. The molecular formula is C11H15N3S. The lowest BCUT2D eigenvalue weighted by molar-refractivity contribution is 0.799. The average Bonchev–Trinajstić information content (AvgIpc) is 2.52. The summed E-state index contributed by atoms with van der Waals surface area (Å²) in [5, 5.41) is 3.18. The van der Waals surface area contributed by atoms with Gasteiger partial charge in [0.25, 0.3) is 0 Å². The van der Waals surface area contributed by atoms with Crippen LogP contribution in [-0.4, -0.2) is 15.4 Å². The highest BCUT2D eigenvalue weighted by atomic mass is 32.1. The summed E-state index contributed by atoms with van der Waals surface area (Å²) in [6, 6.07) is 6.36. The van der Waals surface area contributed by atoms with Crippen molar-refractivity contribution >= 4 is 23.7 Å². The molecule has 0 aliphatic carbocycles. The topological polar surface area (TPSA) is 29.9 Å². The van der Waals surface area contributed by atoms with Gasteiger partial charge in [-0.2, -0.15) is 12.6 Å². The lowest BCUT2D eigenvalue weighted by Crippen LogP contribution is -2.09. The van der Waals surface area contributed by atoms with Gasteiger partial charge in [0, 0.05) is 19.5 Å². The van der Waals surface area contributed by atoms with E-state index in [4.69, 9.17) is 0 Å². The molecule has 1 aromatic carbocycles. The van der Waals surface area contributed by atoms with Crippen molar-refractivity contribution in [1.82, 2.24) is 14.9 Å². The van der Waals surface area contributed by atoms with Crippen molar-refractivity contribution < 1.29 is 0 Å². The maximum absolute atomic E-state index is 4.50. The molecule has 2 aromatic rings. The van der Waals surface area contributed by atoms with Crippen LogP contribution >= 0.6 is 12.6 Å². The third kappa shape index (κ3) is 2.01. The first-order chi connectivity index (χ1) is 7.22. The van der Waals surface area contributed by atoms with Gasteiger partial charge in [0.2, 0.25) is 0 Å². The fraction of sp³-hybridized carbons (Fsp3) is 0.364. The molecule has 0 aliphatic heterocycles. The Morgan fingerprint density at radius 1 is 1.47 bits per heavy atom. The van der Waals surface area contributed by atoms with E-state index in [0.29, 0.717) is 5.88 Å². The van der Waals surface area contributed by atoms with Gasteiger partial charge in [-0.3, -0.25) is 0 Å². The number of hydrogen-bond donors (Lipinski definition) is 2. The van der Waals surface area contributed by atoms with Gasteiger partial charge in [-0.1, -0.05) is 6.07 Å². The first-order valence-corrected chi connectivity index (χ1v) is 5.59. The Hall–Kier alpha value is -1.00. The molecule has 1 heterocycles. The zero-order valence-corrected chi connectivity index (χ0v) is 9.88. The normalized spacial score (nSPS) is 11.1. The molecule has 1 N–H and O–H groups in total. The minimum Gasteiger partial charge on any atom is -0.331 e. The van der Waals surface area contributed by atoms with Crippen LogP contribution in [-0.2, 0) is 13.6 Å². The van der Waals surface area contributed by atoms with Gasteiger partial charge >= 0.3 is 0 Å². The summed E-state index contributed by atoms with van der Waals surface area (Å²) in [5.41, 5.74) is 3.49. The number of benzene rings is 1. The Labute approximate surface area is 94.9 Å². The molecule has 0 saturated carbocycles. The van der Waals surface area contributed by atoms with Gasteiger partial charge in [-0.05, 0) is 24.6 Å². The van der Waals surface area contributed by atoms with Gasteiger partial charge in [0.1, 0.15) is 5.82 Å². The van der Waals surface area contributed by atoms with Crippen LogP contribution < -0.4 is 5.32 Å². The van der Waals surface area contributed by atoms with E-state index < -0.39 is 0 Å². The minimum atomic E-state index is 0.694. The zero-order valence-electron chi connectivity index (χ0n) is 8.99. The van der Waals surface area contributed by atoms with E-state index in [-0.39, 0.29) is 0 Å². The van der Waals surface area contributed by atoms with E-state index >= 15 is 0 Å². The van der Waals surface area contributed by atoms with E-state index in [0.717, 1.165) is 17.9 Å². The van der Waals surface area contributed by atoms with E-state index in [1.807, 2.05) is 14.0 Å². The summed E-state index contributed by atoms with van der Waals surface area (Å²) in [7, 11) is 2.04. The Kier molecular flexibility index (Phi) is 2.98. The molecule has 0 atom stereocenters. The largest absolute Gasteiger partial charge is 0.331 e. The maximum atomic E-state index is 4.50. The molecule has 2 rings (SSSR count). The molecule has 0 radical (unpaired) electrons. The lowest BCUT2D eigenvalue weighted by Gasteiger charge is -2.01. The molecule has 0 fully saturated rings. The molecule has 0 unspecified atom stereocenters. The Bertz CT molecular complexity index is 476. The third-order valence-electron chi connectivity index (χ3n) is 2.61. The number of aromatic nitrogens is 2. The van der Waals surface area contributed by atoms with Crippen molar-refractivity contribution in [2.45, 2.75) is 13.5 Å². The van der Waals surface area contributed by atoms with Crippen LogP contribution in [0.4, 0.5) is 0 Å². The van der Waals surface area contributed by atoms with Crippen LogP contribution in [0, 0.1) is 6.92 Å². The first-order valence-electron chi connectivity index (χ1n) is 4.96. The molecule has 0 amide bonds. The van der Waals surface area contributed by atoms with Crippen molar-refractivity contribution in [3.8, 4) is 0 Å². The second-order valence-corrected chi connectivity index (χ2v) is 3.94. The van der Waals surface area contributed by atoms with Gasteiger partial charge in [-0.15, -0.1) is 0 Å². The summed E-state index contributed by atoms with van der Waals surface area (Å²) >= 11 is 4.11. The Morgan fingerprint density at radius 2 is 2.27 bits per heavy atom. The summed E-state index contributed by atoms with van der Waals surface area (Å²) in [4.78, 5) is 4.50. The summed E-state index contributed by atoms with van der Waals surface area (Å²) in [5.74, 6) is 1.74. The Morgan fingerprint density at radius 3 is 3.00 bits per heavy atom. The van der Waals surface area contributed by atoms with Gasteiger partial charge in [0.05, 0.1) is 11.0 Å². The number of rotatable bonds is 3. The molecule has 3 nitrogen and oxygen atoms in total. The quantitative estimate of drug-likeness (QED) is 0.612. The number of thiol groups is 1. The van der Waals surface area contributed by atoms with E-state index in [9.17, 15) is 0 Å². The van der Waals surface area contributed by atoms with Gasteiger partial charge < -0.3 is 9.88 Å². The number of nitrogens with zero attached hydrogens (tertiary/aromatic N) is 2. The average molecular weight is 221 g/mol. The molecule has 0 aliphatic rings. The molecule has 0 saturated heterocycles. The highest BCUT2D eigenvalue weighted by Crippen LogP contribution is 2.16. The molecule has 4 heteroatoms. The third-order valence-corrected chi connectivity index (χ3v) is 2.83. The van der Waals surface area contributed by atoms with Crippen molar-refractivity contribution in [2.75, 3.05) is 5.88 Å². The minimum absolute atomic E-state index is 0.694. The van der Waals surface area contributed by atoms with E-state index in [1.165, 1.54) is 11.1 Å². The summed E-state index contributed by atoms with van der Waals surface area (Å²) in [6.45, 7) is 2.86. The second-order valence-electron chi connectivity index (χ2n) is 3.63. The molecular weight excluding hydrogens is 206 g/mol. The highest BCUT2D eigenvalue weighted by molar-refractivity contribution is 7.80. The predicted molar refractivity (Wildman–Crippen MR) is 66.1 cm³/mol. The molecule has 80 valence electrons. The van der Waals surface area contributed by atoms with Crippen LogP contribution in [0.5, 0.6) is 0 Å². The number of hydrogen-bond acceptors (Lipinski definition) is 3. The lowest BCUT2D eigenvalue weighted by atomic mass is 10.2. The predicted octanol–water partition coefficient (Wildman–Crippen LogP) is 1.86. The Balaban J connectivity index is 2.39. The second kappa shape index (κ2) is 4.24. The van der Waals surface area contributed by atoms with Crippen LogP contribution in [0.15, 0.2) is 18.2 Å². The SMILES string of the molecule is Cc1nc2cc(CNCS)ccc2n1C. The fourth-order valence-electron chi connectivity index (χ4n) is 1.68. The summed E-state index contributed by atoms with van der Waals surface area (Å²) in [6.07, 6.45) is 0. The maximum Gasteiger partial charge on any atom is 0.106 e. The highest BCUT2D eigenvalue weighted by Gasteiger charge is 2.03. The number of nitrogens with one attached hydrogen (secondary N) is 1. The van der Waals surface area contributed by atoms with E-state index in [2.05, 4.69) is 45.7 Å². The monoisotopic (exact) mass is 221 g/mol. The fourth-order valence-corrected chi connectivity index (χ4v) is 1.79. The van der Waals surface area contributed by atoms with Crippen LogP contribution in [0.3, 0.4) is 0 Å². The van der Waals surface area contributed by atoms with Gasteiger partial charge in [-0.25, -0.2) is 4.98 Å². The van der Waals surface area contributed by atoms with Crippen LogP contribution in [0.25, 0.3) is 11.0 Å². The van der Waals surface area contributed by atoms with Gasteiger partial charge in [0.15, 0.2) is 0 Å². The number of fused-ring (bicyclic) bond motifs is 1. The molecule has 0 bridgehead atoms. The summed E-state index contributed by atoms with van der Waals surface area (Å²) < 4.78 is 2.10. The smallest absolute Gasteiger partial charge is 0.106 e. The van der Waals surface area contributed by atoms with Crippen LogP contribution in [0.1, 0.15) is 11.4 Å². The van der Waals surface area contributed by atoms with Crippen LogP contribution in [0.2, 0.25) is 0 Å². The molecule has 15 heavy (non-hydrogen) atoms. The molecule has 0 spiro atoms. The van der Waals surface area contributed by atoms with E-state index in [1.54, 1.807) is 0 Å².